The van der Waals surface area contributed by atoms with Crippen LogP contribution in [0.5, 0.6) is 0 Å². The number of nitrogen functional groups attached to an aromatic ring is 1. The van der Waals surface area contributed by atoms with Crippen LogP contribution >= 0.6 is 0 Å². The Labute approximate surface area is 148 Å². The van der Waals surface area contributed by atoms with E-state index in [9.17, 15) is 0 Å². The number of nitrogens with zero attached hydrogens (tertiary/aromatic N) is 2. The highest BCUT2D eigenvalue weighted by atomic mass is 16.5. The van der Waals surface area contributed by atoms with Crippen molar-refractivity contribution in [2.24, 2.45) is 5.92 Å². The van der Waals surface area contributed by atoms with Crippen molar-refractivity contribution in [3.63, 3.8) is 0 Å². The molecule has 0 saturated carbocycles. The Kier molecular flexibility index (Phi) is 7.38. The molecule has 4 nitrogen and oxygen atoms in total. The zero-order valence-corrected chi connectivity index (χ0v) is 15.9. The molecule has 24 heavy (non-hydrogen) atoms. The number of nitrogens with two attached hydrogens (primary N) is 1. The Bertz CT molecular complexity index is 476. The van der Waals surface area contributed by atoms with Crippen LogP contribution in [0.2, 0.25) is 0 Å². The van der Waals surface area contributed by atoms with Crippen LogP contribution in [-0.2, 0) is 4.74 Å². The molecule has 0 amide bonds. The molecular formula is C20H35N3O. The molecule has 2 unspecified atom stereocenters. The lowest BCUT2D eigenvalue weighted by Gasteiger charge is -2.40. The first kappa shape index (κ1) is 19.1. The molecule has 1 aromatic rings. The molecule has 0 bridgehead atoms. The summed E-state index contributed by atoms with van der Waals surface area (Å²) in [6, 6.07) is 8.22. The van der Waals surface area contributed by atoms with E-state index in [1.165, 1.54) is 25.1 Å². The van der Waals surface area contributed by atoms with Gasteiger partial charge in [0.25, 0.3) is 0 Å². The van der Waals surface area contributed by atoms with E-state index < -0.39 is 0 Å². The van der Waals surface area contributed by atoms with E-state index in [1.807, 2.05) is 26.0 Å². The maximum atomic E-state index is 6.10. The van der Waals surface area contributed by atoms with E-state index in [-0.39, 0.29) is 0 Å². The van der Waals surface area contributed by atoms with Crippen LogP contribution in [0.3, 0.4) is 0 Å². The molecular weight excluding hydrogens is 298 g/mol. The third-order valence-corrected chi connectivity index (χ3v) is 4.90. The van der Waals surface area contributed by atoms with Gasteiger partial charge in [-0.2, -0.15) is 0 Å². The minimum atomic E-state index is 0.368. The van der Waals surface area contributed by atoms with Crippen LogP contribution in [0.4, 0.5) is 11.4 Å². The summed E-state index contributed by atoms with van der Waals surface area (Å²) in [4.78, 5) is 5.03. The van der Waals surface area contributed by atoms with Gasteiger partial charge >= 0.3 is 0 Å². The normalized spacial score (nSPS) is 25.9. The highest BCUT2D eigenvalue weighted by Crippen LogP contribution is 2.28. The molecule has 2 N–H and O–H groups in total. The Balaban J connectivity index is 0.00000100. The fourth-order valence-corrected chi connectivity index (χ4v) is 3.93. The van der Waals surface area contributed by atoms with E-state index in [0.717, 1.165) is 37.8 Å². The number of rotatable bonds is 3. The summed E-state index contributed by atoms with van der Waals surface area (Å²) in [5.74, 6) is 0.804. The molecule has 1 aromatic carbocycles. The minimum Gasteiger partial charge on any atom is -0.397 e. The van der Waals surface area contributed by atoms with Crippen molar-refractivity contribution in [2.45, 2.75) is 52.7 Å². The van der Waals surface area contributed by atoms with E-state index >= 15 is 0 Å². The third-order valence-electron chi connectivity index (χ3n) is 4.90. The summed E-state index contributed by atoms with van der Waals surface area (Å²) in [7, 11) is 0. The summed E-state index contributed by atoms with van der Waals surface area (Å²) in [5, 5.41) is 0. The summed E-state index contributed by atoms with van der Waals surface area (Å²) in [6.07, 6.45) is 3.25. The Morgan fingerprint density at radius 1 is 1.04 bits per heavy atom. The molecule has 136 valence electrons. The van der Waals surface area contributed by atoms with Gasteiger partial charge in [0.15, 0.2) is 0 Å². The Hall–Kier alpha value is -1.26. The van der Waals surface area contributed by atoms with Gasteiger partial charge in [-0.15, -0.1) is 0 Å². The zero-order valence-electron chi connectivity index (χ0n) is 15.9. The number of morpholine rings is 1. The summed E-state index contributed by atoms with van der Waals surface area (Å²) >= 11 is 0. The van der Waals surface area contributed by atoms with Crippen molar-refractivity contribution >= 4 is 11.4 Å². The van der Waals surface area contributed by atoms with Crippen molar-refractivity contribution < 1.29 is 4.74 Å². The van der Waals surface area contributed by atoms with E-state index in [4.69, 9.17) is 10.5 Å². The van der Waals surface area contributed by atoms with Crippen molar-refractivity contribution in [3.8, 4) is 0 Å². The first-order valence-corrected chi connectivity index (χ1v) is 9.59. The summed E-state index contributed by atoms with van der Waals surface area (Å²) in [6.45, 7) is 14.0. The van der Waals surface area contributed by atoms with Gasteiger partial charge in [-0.3, -0.25) is 4.90 Å². The number of para-hydroxylation sites is 2. The number of piperidine rings is 1. The molecule has 0 radical (unpaired) electrons. The van der Waals surface area contributed by atoms with Crippen molar-refractivity contribution in [2.75, 3.05) is 43.4 Å². The van der Waals surface area contributed by atoms with Crippen LogP contribution in [0, 0.1) is 5.92 Å². The zero-order chi connectivity index (χ0) is 17.5. The summed E-state index contributed by atoms with van der Waals surface area (Å²) < 4.78 is 5.83. The van der Waals surface area contributed by atoms with Gasteiger partial charge < -0.3 is 15.4 Å². The molecule has 2 saturated heterocycles. The molecule has 0 aliphatic carbocycles. The number of ether oxygens (including phenoxy) is 1. The average Bonchev–Trinajstić information content (AvgIpc) is 2.57. The lowest BCUT2D eigenvalue weighted by molar-refractivity contribution is -0.0720. The van der Waals surface area contributed by atoms with Gasteiger partial charge in [0.1, 0.15) is 0 Å². The second-order valence-electron chi connectivity index (χ2n) is 6.97. The minimum absolute atomic E-state index is 0.368. The highest BCUT2D eigenvalue weighted by Gasteiger charge is 2.26. The highest BCUT2D eigenvalue weighted by molar-refractivity contribution is 5.67. The molecule has 2 heterocycles. The SMILES string of the molecule is CC.CC1CN(CC2CCN(c3ccccc3N)CC2)CC(C)O1. The predicted octanol–water partition coefficient (Wildman–Crippen LogP) is 3.62. The average molecular weight is 334 g/mol. The number of hydrogen-bond donors (Lipinski definition) is 1. The monoisotopic (exact) mass is 333 g/mol. The van der Waals surface area contributed by atoms with Crippen molar-refractivity contribution in [1.29, 1.82) is 0 Å². The molecule has 2 aliphatic rings. The third kappa shape index (κ3) is 5.12. The van der Waals surface area contributed by atoms with Crippen LogP contribution in [0.25, 0.3) is 0 Å². The topological polar surface area (TPSA) is 41.7 Å². The molecule has 0 spiro atoms. The maximum Gasteiger partial charge on any atom is 0.0678 e. The van der Waals surface area contributed by atoms with Crippen LogP contribution < -0.4 is 10.6 Å². The van der Waals surface area contributed by atoms with Crippen molar-refractivity contribution in [3.05, 3.63) is 24.3 Å². The Morgan fingerprint density at radius 2 is 1.62 bits per heavy atom. The van der Waals surface area contributed by atoms with Crippen molar-refractivity contribution in [1.82, 2.24) is 4.90 Å². The lowest BCUT2D eigenvalue weighted by Crippen LogP contribution is -2.48. The van der Waals surface area contributed by atoms with Gasteiger partial charge in [-0.25, -0.2) is 0 Å². The second kappa shape index (κ2) is 9.28. The van der Waals surface area contributed by atoms with Gasteiger partial charge in [-0.1, -0.05) is 26.0 Å². The standard InChI is InChI=1S/C18H29N3O.C2H6/c1-14-11-20(12-15(2)22-14)13-16-7-9-21(10-8-16)18-6-4-3-5-17(18)19;1-2/h3-6,14-16H,7-13,19H2,1-2H3;1-2H3. The van der Waals surface area contributed by atoms with Crippen LogP contribution in [0.1, 0.15) is 40.5 Å². The quantitative estimate of drug-likeness (QED) is 0.858. The molecule has 4 heteroatoms. The maximum absolute atomic E-state index is 6.10. The van der Waals surface area contributed by atoms with Crippen LogP contribution in [0.15, 0.2) is 24.3 Å². The first-order chi connectivity index (χ1) is 11.6. The first-order valence-electron chi connectivity index (χ1n) is 9.59. The van der Waals surface area contributed by atoms with Crippen LogP contribution in [-0.4, -0.2) is 49.8 Å². The Morgan fingerprint density at radius 3 is 2.21 bits per heavy atom. The summed E-state index contributed by atoms with van der Waals surface area (Å²) in [5.41, 5.74) is 8.21. The van der Waals surface area contributed by atoms with Gasteiger partial charge in [0.05, 0.1) is 23.6 Å². The fourth-order valence-electron chi connectivity index (χ4n) is 3.93. The van der Waals surface area contributed by atoms with Gasteiger partial charge in [0, 0.05) is 32.7 Å². The molecule has 2 aliphatic heterocycles. The number of benzene rings is 1. The van der Waals surface area contributed by atoms with E-state index in [0.29, 0.717) is 12.2 Å². The molecule has 3 rings (SSSR count). The number of hydrogen-bond acceptors (Lipinski definition) is 4. The van der Waals surface area contributed by atoms with Gasteiger partial charge in [0.2, 0.25) is 0 Å². The second-order valence-corrected chi connectivity index (χ2v) is 6.97. The number of anilines is 2. The fraction of sp³-hybridized carbons (Fsp3) is 0.700. The van der Waals surface area contributed by atoms with E-state index in [1.54, 1.807) is 0 Å². The lowest BCUT2D eigenvalue weighted by atomic mass is 9.95. The largest absolute Gasteiger partial charge is 0.397 e. The smallest absolute Gasteiger partial charge is 0.0678 e. The molecule has 0 aromatic heterocycles. The van der Waals surface area contributed by atoms with Gasteiger partial charge in [-0.05, 0) is 44.7 Å². The predicted molar refractivity (Wildman–Crippen MR) is 104 cm³/mol. The van der Waals surface area contributed by atoms with E-state index in [2.05, 4.69) is 35.8 Å². The molecule has 2 fully saturated rings. The molecule has 2 atom stereocenters.